The Labute approximate surface area is 207 Å². The van der Waals surface area contributed by atoms with E-state index in [1.54, 1.807) is 20.8 Å². The van der Waals surface area contributed by atoms with Gasteiger partial charge in [-0.2, -0.15) is 0 Å². The minimum absolute atomic E-state index is 0.115. The van der Waals surface area contributed by atoms with Gasteiger partial charge < -0.3 is 35.7 Å². The lowest BCUT2D eigenvalue weighted by molar-refractivity contribution is -0.197. The molecule has 0 radical (unpaired) electrons. The number of carbonyl (C=O) groups is 1. The van der Waals surface area contributed by atoms with Crippen LogP contribution in [0.15, 0.2) is 11.6 Å². The third-order valence-electron chi connectivity index (χ3n) is 10.5. The maximum atomic E-state index is 13.3. The van der Waals surface area contributed by atoms with Crippen LogP contribution in [0.25, 0.3) is 0 Å². The predicted molar refractivity (Wildman–Crippen MR) is 128 cm³/mol. The molecule has 2 unspecified atom stereocenters. The lowest BCUT2D eigenvalue weighted by Gasteiger charge is -2.62. The van der Waals surface area contributed by atoms with Gasteiger partial charge in [0, 0.05) is 17.3 Å². The van der Waals surface area contributed by atoms with Crippen LogP contribution in [-0.2, 0) is 4.79 Å². The zero-order valence-electron chi connectivity index (χ0n) is 21.6. The Balaban J connectivity index is 1.71. The molecule has 3 fully saturated rings. The van der Waals surface area contributed by atoms with Crippen molar-refractivity contribution in [2.75, 3.05) is 0 Å². The van der Waals surface area contributed by atoms with E-state index in [0.29, 0.717) is 12.0 Å². The van der Waals surface area contributed by atoms with Crippen molar-refractivity contribution in [2.45, 2.75) is 121 Å². The number of hydrogen-bond donors (Lipinski definition) is 7. The molecule has 0 spiro atoms. The topological polar surface area (TPSA) is 159 Å². The molecular weight excluding hydrogens is 452 g/mol. The second-order valence-electron chi connectivity index (χ2n) is 13.3. The molecule has 0 heterocycles. The molecule has 8 heteroatoms. The van der Waals surface area contributed by atoms with E-state index in [1.165, 1.54) is 6.08 Å². The summed E-state index contributed by atoms with van der Waals surface area (Å²) in [6.07, 6.45) is -1.08. The Morgan fingerprint density at radius 2 is 1.69 bits per heavy atom. The fraction of sp³-hybridized carbons (Fsp3) is 0.889. The minimum Gasteiger partial charge on any atom is -0.392 e. The largest absolute Gasteiger partial charge is 0.392 e. The van der Waals surface area contributed by atoms with Gasteiger partial charge in [-0.05, 0) is 88.7 Å². The fourth-order valence-electron chi connectivity index (χ4n) is 8.44. The van der Waals surface area contributed by atoms with Crippen LogP contribution < -0.4 is 0 Å². The molecule has 200 valence electrons. The Morgan fingerprint density at radius 3 is 2.29 bits per heavy atom. The van der Waals surface area contributed by atoms with Crippen molar-refractivity contribution in [3.05, 3.63) is 11.6 Å². The summed E-state index contributed by atoms with van der Waals surface area (Å²) in [4.78, 5) is 13.3. The fourth-order valence-corrected chi connectivity index (χ4v) is 8.44. The van der Waals surface area contributed by atoms with Crippen molar-refractivity contribution < 1.29 is 40.5 Å². The molecule has 4 aliphatic carbocycles. The number of carbonyl (C=O) groups excluding carboxylic acids is 1. The first kappa shape index (κ1) is 27.2. The van der Waals surface area contributed by atoms with E-state index in [9.17, 15) is 40.5 Å². The van der Waals surface area contributed by atoms with Gasteiger partial charge in [0.2, 0.25) is 0 Å². The van der Waals surface area contributed by atoms with Crippen molar-refractivity contribution >= 4 is 5.78 Å². The van der Waals surface area contributed by atoms with Crippen molar-refractivity contribution in [1.29, 1.82) is 0 Å². The Bertz CT molecular complexity index is 892. The van der Waals surface area contributed by atoms with Crippen LogP contribution in [0.2, 0.25) is 0 Å². The number of allylic oxidation sites excluding steroid dienone is 1. The smallest absolute Gasteiger partial charge is 0.159 e. The summed E-state index contributed by atoms with van der Waals surface area (Å²) in [5.74, 6) is -1.89. The van der Waals surface area contributed by atoms with Gasteiger partial charge in [-0.1, -0.05) is 13.8 Å². The highest BCUT2D eigenvalue weighted by Gasteiger charge is 2.71. The summed E-state index contributed by atoms with van der Waals surface area (Å²) >= 11 is 0. The minimum atomic E-state index is -1.59. The molecule has 0 amide bonds. The molecule has 4 aliphatic rings. The molecule has 0 aromatic rings. The second-order valence-corrected chi connectivity index (χ2v) is 13.3. The first-order valence-corrected chi connectivity index (χ1v) is 13.0. The van der Waals surface area contributed by atoms with E-state index in [-0.39, 0.29) is 44.3 Å². The first-order valence-electron chi connectivity index (χ1n) is 13.0. The molecule has 35 heavy (non-hydrogen) atoms. The van der Waals surface area contributed by atoms with Gasteiger partial charge in [0.1, 0.15) is 0 Å². The molecule has 0 bridgehead atoms. The molecular formula is C27H44O8. The van der Waals surface area contributed by atoms with E-state index in [1.807, 2.05) is 13.8 Å². The molecule has 0 aliphatic heterocycles. The van der Waals surface area contributed by atoms with Gasteiger partial charge >= 0.3 is 0 Å². The Hall–Kier alpha value is -0.870. The quantitative estimate of drug-likeness (QED) is 0.295. The number of hydrogen-bond acceptors (Lipinski definition) is 8. The molecule has 7 N–H and O–H groups in total. The van der Waals surface area contributed by atoms with Crippen LogP contribution in [0.3, 0.4) is 0 Å². The predicted octanol–water partition coefficient (Wildman–Crippen LogP) is 0.825. The van der Waals surface area contributed by atoms with E-state index in [4.69, 9.17) is 0 Å². The summed E-state index contributed by atoms with van der Waals surface area (Å²) < 4.78 is 0. The van der Waals surface area contributed by atoms with Crippen LogP contribution in [0, 0.1) is 28.6 Å². The van der Waals surface area contributed by atoms with Gasteiger partial charge in [-0.3, -0.25) is 4.79 Å². The highest BCUT2D eigenvalue weighted by atomic mass is 16.3. The van der Waals surface area contributed by atoms with E-state index in [0.717, 1.165) is 0 Å². The van der Waals surface area contributed by atoms with E-state index < -0.39 is 69.8 Å². The maximum Gasteiger partial charge on any atom is 0.159 e. The average Bonchev–Trinajstić information content (AvgIpc) is 2.99. The maximum absolute atomic E-state index is 13.3. The van der Waals surface area contributed by atoms with E-state index >= 15 is 0 Å². The van der Waals surface area contributed by atoms with Gasteiger partial charge in [-0.15, -0.1) is 0 Å². The number of aliphatic hydroxyl groups is 7. The van der Waals surface area contributed by atoms with Crippen LogP contribution in [0.1, 0.15) is 79.6 Å². The van der Waals surface area contributed by atoms with Gasteiger partial charge in [0.15, 0.2) is 5.78 Å². The third-order valence-corrected chi connectivity index (χ3v) is 10.5. The Morgan fingerprint density at radius 1 is 1.06 bits per heavy atom. The Kier molecular flexibility index (Phi) is 6.46. The monoisotopic (exact) mass is 496 g/mol. The summed E-state index contributed by atoms with van der Waals surface area (Å²) in [6.45, 7) is 8.52. The molecule has 0 saturated heterocycles. The molecule has 0 aromatic heterocycles. The van der Waals surface area contributed by atoms with E-state index in [2.05, 4.69) is 0 Å². The molecule has 4 rings (SSSR count). The van der Waals surface area contributed by atoms with Crippen LogP contribution >= 0.6 is 0 Å². The van der Waals surface area contributed by atoms with Gasteiger partial charge in [0.25, 0.3) is 0 Å². The molecule has 3 saturated carbocycles. The lowest BCUT2D eigenvalue weighted by atomic mass is 9.45. The third kappa shape index (κ3) is 3.95. The number of rotatable bonds is 5. The van der Waals surface area contributed by atoms with Crippen molar-refractivity contribution in [3.8, 4) is 0 Å². The first-order chi connectivity index (χ1) is 15.9. The zero-order valence-corrected chi connectivity index (χ0v) is 21.6. The van der Waals surface area contributed by atoms with Crippen LogP contribution in [0.4, 0.5) is 0 Å². The van der Waals surface area contributed by atoms with Crippen LogP contribution in [0.5, 0.6) is 0 Å². The average molecular weight is 497 g/mol. The highest BCUT2D eigenvalue weighted by molar-refractivity contribution is 5.95. The van der Waals surface area contributed by atoms with Crippen molar-refractivity contribution in [2.24, 2.45) is 28.6 Å². The van der Waals surface area contributed by atoms with Crippen LogP contribution in [-0.4, -0.2) is 82.7 Å². The molecule has 0 aromatic carbocycles. The summed E-state index contributed by atoms with van der Waals surface area (Å²) in [5, 5.41) is 77.0. The lowest BCUT2D eigenvalue weighted by Crippen LogP contribution is -2.66. The normalized spacial score (nSPS) is 48.3. The summed E-state index contributed by atoms with van der Waals surface area (Å²) in [5.41, 5.74) is -5.42. The number of ketones is 1. The molecule has 11 atom stereocenters. The second kappa shape index (κ2) is 8.32. The molecule has 8 nitrogen and oxygen atoms in total. The zero-order chi connectivity index (χ0) is 26.4. The van der Waals surface area contributed by atoms with Crippen molar-refractivity contribution in [3.63, 3.8) is 0 Å². The summed E-state index contributed by atoms with van der Waals surface area (Å²) in [7, 11) is 0. The number of aliphatic hydroxyl groups excluding tert-OH is 4. The van der Waals surface area contributed by atoms with Crippen molar-refractivity contribution in [1.82, 2.24) is 0 Å². The highest BCUT2D eigenvalue weighted by Crippen LogP contribution is 2.68. The standard InChI is InChI=1S/C27H44O8/c1-23(2,33)8-7-21(32)26(5,34)20-6-9-27(35)15-11-16(28)14-10-17(29)18(30)12-24(14,3)22(15)19(31)13-25(20,27)4/h11,14,17-22,29-35H,6-10,12-13H2,1-5H3/t14-,17+,18-,19+,20?,21+,22?,24-,25+,26-,27+/m0/s1. The van der Waals surface area contributed by atoms with Gasteiger partial charge in [-0.25, -0.2) is 0 Å². The summed E-state index contributed by atoms with van der Waals surface area (Å²) in [6, 6.07) is 0. The van der Waals surface area contributed by atoms with Gasteiger partial charge in [0.05, 0.1) is 41.2 Å². The number of fused-ring (bicyclic) bond motifs is 5. The SMILES string of the molecule is CC(C)(O)CC[C@@H](O)[C@@](C)(O)C1CC[C@@]2(O)C3=CC(=O)[C@@H]4C[C@@H](O)[C@@H](O)C[C@]4(C)C3[C@H](O)C[C@]12C.